The van der Waals surface area contributed by atoms with E-state index in [1.165, 1.54) is 0 Å². The van der Waals surface area contributed by atoms with Gasteiger partial charge in [-0.05, 0) is 54.3 Å². The number of rotatable bonds is 6. The Morgan fingerprint density at radius 1 is 1.12 bits per heavy atom. The first-order valence-corrected chi connectivity index (χ1v) is 11.9. The standard InChI is InChI=1S/C28H27ClN2O3/c1-34-17-22-8-5-11-31(22)27(32)14-18-12-23(19-6-3-2-4-7-19)28(33)24(13-18)26-15-20-9-10-21(29)16-25(20)30-26/h2-4,6-7,9-10,12-13,15-16,22,30,33H,5,8,11,14,17H2,1H3. The van der Waals surface area contributed by atoms with Crippen molar-refractivity contribution in [1.82, 2.24) is 9.88 Å². The van der Waals surface area contributed by atoms with Gasteiger partial charge in [-0.25, -0.2) is 0 Å². The van der Waals surface area contributed by atoms with Gasteiger partial charge in [0.1, 0.15) is 5.75 Å². The topological polar surface area (TPSA) is 65.6 Å². The molecule has 5 rings (SSSR count). The molecule has 1 unspecified atom stereocenters. The van der Waals surface area contributed by atoms with Crippen LogP contribution in [0, 0.1) is 0 Å². The van der Waals surface area contributed by atoms with Crippen LogP contribution in [0.2, 0.25) is 5.02 Å². The van der Waals surface area contributed by atoms with Gasteiger partial charge >= 0.3 is 0 Å². The average molecular weight is 475 g/mol. The van der Waals surface area contributed by atoms with Gasteiger partial charge in [-0.3, -0.25) is 4.79 Å². The van der Waals surface area contributed by atoms with E-state index in [2.05, 4.69) is 4.98 Å². The molecule has 0 bridgehead atoms. The summed E-state index contributed by atoms with van der Waals surface area (Å²) < 4.78 is 5.32. The number of benzene rings is 3. The van der Waals surface area contributed by atoms with Crippen LogP contribution in [0.25, 0.3) is 33.3 Å². The average Bonchev–Trinajstić information content (AvgIpc) is 3.47. The second-order valence-electron chi connectivity index (χ2n) is 8.84. The molecule has 3 aromatic carbocycles. The quantitative estimate of drug-likeness (QED) is 0.358. The number of carbonyl (C=O) groups excluding carboxylic acids is 1. The molecule has 1 amide bonds. The molecule has 6 heteroatoms. The van der Waals surface area contributed by atoms with Gasteiger partial charge in [-0.1, -0.05) is 48.0 Å². The molecule has 0 saturated carbocycles. The van der Waals surface area contributed by atoms with Crippen LogP contribution < -0.4 is 0 Å². The van der Waals surface area contributed by atoms with Crippen molar-refractivity contribution in [3.05, 3.63) is 77.3 Å². The van der Waals surface area contributed by atoms with Crippen molar-refractivity contribution in [3.8, 4) is 28.1 Å². The highest BCUT2D eigenvalue weighted by Crippen LogP contribution is 2.40. The number of hydrogen-bond acceptors (Lipinski definition) is 3. The summed E-state index contributed by atoms with van der Waals surface area (Å²) in [4.78, 5) is 18.6. The second-order valence-corrected chi connectivity index (χ2v) is 9.27. The summed E-state index contributed by atoms with van der Waals surface area (Å²) in [5.74, 6) is 0.261. The van der Waals surface area contributed by atoms with Crippen LogP contribution in [-0.2, 0) is 16.0 Å². The molecule has 0 spiro atoms. The molecule has 4 aromatic rings. The Labute approximate surface area is 203 Å². The van der Waals surface area contributed by atoms with E-state index in [0.29, 0.717) is 22.8 Å². The summed E-state index contributed by atoms with van der Waals surface area (Å²) in [5.41, 5.74) is 4.78. The van der Waals surface area contributed by atoms with Gasteiger partial charge in [0.15, 0.2) is 0 Å². The summed E-state index contributed by atoms with van der Waals surface area (Å²) in [7, 11) is 1.67. The Hall–Kier alpha value is -3.28. The molecule has 1 aromatic heterocycles. The number of fused-ring (bicyclic) bond motifs is 1. The van der Waals surface area contributed by atoms with E-state index in [4.69, 9.17) is 16.3 Å². The molecule has 2 heterocycles. The zero-order chi connectivity index (χ0) is 23.7. The van der Waals surface area contributed by atoms with E-state index in [1.807, 2.05) is 71.6 Å². The zero-order valence-electron chi connectivity index (χ0n) is 19.1. The molecule has 1 aliphatic heterocycles. The Morgan fingerprint density at radius 3 is 2.71 bits per heavy atom. The summed E-state index contributed by atoms with van der Waals surface area (Å²) >= 11 is 6.17. The lowest BCUT2D eigenvalue weighted by molar-refractivity contribution is -0.132. The van der Waals surface area contributed by atoms with Crippen molar-refractivity contribution in [1.29, 1.82) is 0 Å². The highest BCUT2D eigenvalue weighted by Gasteiger charge is 2.29. The maximum atomic E-state index is 13.2. The minimum absolute atomic E-state index is 0.0821. The number of carbonyl (C=O) groups is 1. The number of methoxy groups -OCH3 is 1. The number of aromatic nitrogens is 1. The molecular formula is C28H27ClN2O3. The fourth-order valence-corrected chi connectivity index (χ4v) is 5.06. The molecule has 34 heavy (non-hydrogen) atoms. The Balaban J connectivity index is 1.57. The Kier molecular flexibility index (Phi) is 6.31. The fraction of sp³-hybridized carbons (Fsp3) is 0.250. The fourth-order valence-electron chi connectivity index (χ4n) is 4.89. The number of nitrogens with one attached hydrogen (secondary N) is 1. The number of nitrogens with zero attached hydrogens (tertiary/aromatic N) is 1. The number of halogens is 1. The number of likely N-dealkylation sites (tertiary alicyclic amines) is 1. The molecule has 0 aliphatic carbocycles. The Bertz CT molecular complexity index is 1330. The van der Waals surface area contributed by atoms with E-state index in [-0.39, 0.29) is 24.1 Å². The lowest BCUT2D eigenvalue weighted by atomic mass is 9.95. The molecule has 174 valence electrons. The predicted molar refractivity (Wildman–Crippen MR) is 136 cm³/mol. The molecule has 1 aliphatic rings. The number of ether oxygens (including phenoxy) is 1. The van der Waals surface area contributed by atoms with Crippen LogP contribution >= 0.6 is 11.6 Å². The number of phenols is 1. The third kappa shape index (κ3) is 4.41. The molecule has 0 radical (unpaired) electrons. The summed E-state index contributed by atoms with van der Waals surface area (Å²) in [6, 6.07) is 21.4. The first-order chi connectivity index (χ1) is 16.5. The van der Waals surface area contributed by atoms with Gasteiger partial charge in [-0.15, -0.1) is 0 Å². The first-order valence-electron chi connectivity index (χ1n) is 11.5. The van der Waals surface area contributed by atoms with E-state index in [9.17, 15) is 9.90 Å². The molecule has 5 nitrogen and oxygen atoms in total. The first kappa shape index (κ1) is 22.5. The highest BCUT2D eigenvalue weighted by molar-refractivity contribution is 6.31. The van der Waals surface area contributed by atoms with Crippen LogP contribution in [-0.4, -0.2) is 47.2 Å². The van der Waals surface area contributed by atoms with Gasteiger partial charge < -0.3 is 19.7 Å². The van der Waals surface area contributed by atoms with Crippen molar-refractivity contribution in [2.45, 2.75) is 25.3 Å². The minimum atomic E-state index is 0.0821. The van der Waals surface area contributed by atoms with E-state index in [0.717, 1.165) is 47.1 Å². The molecule has 2 N–H and O–H groups in total. The molecular weight excluding hydrogens is 448 g/mol. The number of H-pyrrole nitrogens is 1. The third-order valence-corrected chi connectivity index (χ3v) is 6.78. The predicted octanol–water partition coefficient (Wildman–Crippen LogP) is 6.04. The Morgan fingerprint density at radius 2 is 1.91 bits per heavy atom. The maximum Gasteiger partial charge on any atom is 0.227 e. The van der Waals surface area contributed by atoms with Crippen LogP contribution in [0.15, 0.2) is 66.7 Å². The highest BCUT2D eigenvalue weighted by atomic mass is 35.5. The molecule has 1 fully saturated rings. The number of hydrogen-bond donors (Lipinski definition) is 2. The maximum absolute atomic E-state index is 13.2. The zero-order valence-corrected chi connectivity index (χ0v) is 19.8. The number of aromatic amines is 1. The number of aromatic hydroxyl groups is 1. The lowest BCUT2D eigenvalue weighted by Gasteiger charge is -2.24. The number of amides is 1. The largest absolute Gasteiger partial charge is 0.507 e. The summed E-state index contributed by atoms with van der Waals surface area (Å²) in [6.07, 6.45) is 2.22. The van der Waals surface area contributed by atoms with Gasteiger partial charge in [0.05, 0.1) is 24.8 Å². The van der Waals surface area contributed by atoms with Crippen molar-refractivity contribution in [2.75, 3.05) is 20.3 Å². The van der Waals surface area contributed by atoms with Gasteiger partial charge in [0.2, 0.25) is 5.91 Å². The normalized spacial score (nSPS) is 15.8. The SMILES string of the molecule is COCC1CCCN1C(=O)Cc1cc(-c2ccccc2)c(O)c(-c2cc3ccc(Cl)cc3[nH]2)c1. The van der Waals surface area contributed by atoms with Gasteiger partial charge in [-0.2, -0.15) is 0 Å². The number of phenolic OH excluding ortho intramolecular Hbond substituents is 1. The van der Waals surface area contributed by atoms with Crippen LogP contribution in [0.3, 0.4) is 0 Å². The summed E-state index contributed by atoms with van der Waals surface area (Å²) in [6.45, 7) is 1.31. The summed E-state index contributed by atoms with van der Waals surface area (Å²) in [5, 5.41) is 12.9. The van der Waals surface area contributed by atoms with Crippen molar-refractivity contribution in [3.63, 3.8) is 0 Å². The third-order valence-electron chi connectivity index (χ3n) is 6.54. The molecule has 1 saturated heterocycles. The van der Waals surface area contributed by atoms with Crippen molar-refractivity contribution >= 4 is 28.4 Å². The van der Waals surface area contributed by atoms with Gasteiger partial charge in [0.25, 0.3) is 0 Å². The second kappa shape index (κ2) is 9.53. The van der Waals surface area contributed by atoms with E-state index < -0.39 is 0 Å². The van der Waals surface area contributed by atoms with Crippen LogP contribution in [0.5, 0.6) is 5.75 Å². The van der Waals surface area contributed by atoms with Crippen molar-refractivity contribution in [2.24, 2.45) is 0 Å². The van der Waals surface area contributed by atoms with E-state index in [1.54, 1.807) is 7.11 Å². The van der Waals surface area contributed by atoms with Crippen LogP contribution in [0.1, 0.15) is 18.4 Å². The van der Waals surface area contributed by atoms with Crippen LogP contribution in [0.4, 0.5) is 0 Å². The lowest BCUT2D eigenvalue weighted by Crippen LogP contribution is -2.39. The smallest absolute Gasteiger partial charge is 0.227 e. The van der Waals surface area contributed by atoms with Gasteiger partial charge in [0, 0.05) is 40.7 Å². The molecule has 1 atom stereocenters. The van der Waals surface area contributed by atoms with E-state index >= 15 is 0 Å². The minimum Gasteiger partial charge on any atom is -0.507 e. The van der Waals surface area contributed by atoms with Crippen molar-refractivity contribution < 1.29 is 14.6 Å². The monoisotopic (exact) mass is 474 g/mol.